The summed E-state index contributed by atoms with van der Waals surface area (Å²) < 4.78 is 0. The van der Waals surface area contributed by atoms with Crippen molar-refractivity contribution in [2.75, 3.05) is 5.32 Å². The van der Waals surface area contributed by atoms with Crippen LogP contribution in [0, 0.1) is 11.5 Å². The number of aromatic hydroxyl groups is 1. The van der Waals surface area contributed by atoms with Crippen molar-refractivity contribution in [1.82, 2.24) is 15.3 Å². The van der Waals surface area contributed by atoms with E-state index >= 15 is 0 Å². The molecule has 0 bridgehead atoms. The van der Waals surface area contributed by atoms with Crippen LogP contribution >= 0.6 is 11.8 Å². The average molecular weight is 339 g/mol. The molecule has 24 heavy (non-hydrogen) atoms. The second-order valence-electron chi connectivity index (χ2n) is 4.60. The lowest BCUT2D eigenvalue weighted by Gasteiger charge is -2.09. The van der Waals surface area contributed by atoms with E-state index in [1.165, 1.54) is 18.3 Å². The predicted molar refractivity (Wildman–Crippen MR) is 87.5 cm³/mol. The maximum Gasteiger partial charge on any atom is 0.290 e. The molecular weight excluding hydrogens is 330 g/mol. The van der Waals surface area contributed by atoms with Gasteiger partial charge >= 0.3 is 0 Å². The van der Waals surface area contributed by atoms with Crippen LogP contribution in [0.2, 0.25) is 0 Å². The van der Waals surface area contributed by atoms with Crippen LogP contribution in [0.25, 0.3) is 17.3 Å². The van der Waals surface area contributed by atoms with Crippen LogP contribution in [-0.2, 0) is 4.79 Å². The molecule has 1 fully saturated rings. The molecule has 1 aliphatic rings. The summed E-state index contributed by atoms with van der Waals surface area (Å²) in [5, 5.41) is 22.8. The lowest BCUT2D eigenvalue weighted by atomic mass is 10.1. The van der Waals surface area contributed by atoms with Crippen LogP contribution < -0.4 is 10.6 Å². The zero-order valence-electron chi connectivity index (χ0n) is 12.0. The van der Waals surface area contributed by atoms with Gasteiger partial charge < -0.3 is 5.11 Å². The molecule has 2 amide bonds. The molecule has 0 unspecified atom stereocenters. The third-order valence-electron chi connectivity index (χ3n) is 3.07. The molecule has 3 rings (SSSR count). The second-order valence-corrected chi connectivity index (χ2v) is 5.62. The van der Waals surface area contributed by atoms with Crippen LogP contribution in [0.3, 0.4) is 0 Å². The fourth-order valence-electron chi connectivity index (χ4n) is 2.06. The molecule has 3 N–H and O–H groups in total. The quantitative estimate of drug-likeness (QED) is 0.440. The van der Waals surface area contributed by atoms with E-state index in [0.717, 1.165) is 11.8 Å². The molecule has 0 aliphatic carbocycles. The van der Waals surface area contributed by atoms with Crippen molar-refractivity contribution in [3.05, 3.63) is 40.9 Å². The maximum atomic E-state index is 11.7. The third kappa shape index (κ3) is 3.04. The Balaban J connectivity index is 2.14. The van der Waals surface area contributed by atoms with Gasteiger partial charge in [0.05, 0.1) is 10.6 Å². The van der Waals surface area contributed by atoms with E-state index in [9.17, 15) is 14.7 Å². The van der Waals surface area contributed by atoms with Gasteiger partial charge in [-0.15, -0.1) is 0 Å². The van der Waals surface area contributed by atoms with E-state index in [-0.39, 0.29) is 16.6 Å². The standard InChI is InChI=1S/C15H9N5O3S/c16-7-18-14-17-6-8(5-11-13(22)20-15(23)24-11)12(19-14)9-3-1-2-4-10(9)21/h1-6,21H,(H,17,18,19)(H,20,22,23)/b11-5-. The highest BCUT2D eigenvalue weighted by Crippen LogP contribution is 2.33. The summed E-state index contributed by atoms with van der Waals surface area (Å²) in [5.41, 5.74) is 1.15. The van der Waals surface area contributed by atoms with E-state index in [1.807, 2.05) is 0 Å². The first-order valence-corrected chi connectivity index (χ1v) is 7.45. The molecule has 2 aromatic rings. The van der Waals surface area contributed by atoms with E-state index in [1.54, 1.807) is 24.4 Å². The van der Waals surface area contributed by atoms with Gasteiger partial charge in [-0.25, -0.2) is 9.97 Å². The van der Waals surface area contributed by atoms with Crippen molar-refractivity contribution in [1.29, 1.82) is 5.26 Å². The Labute approximate surface area is 140 Å². The Hall–Kier alpha value is -3.38. The van der Waals surface area contributed by atoms with E-state index in [0.29, 0.717) is 16.8 Å². The summed E-state index contributed by atoms with van der Waals surface area (Å²) in [7, 11) is 0. The largest absolute Gasteiger partial charge is 0.507 e. The molecule has 0 atom stereocenters. The number of carbonyl (C=O) groups is 2. The zero-order chi connectivity index (χ0) is 17.1. The van der Waals surface area contributed by atoms with Gasteiger partial charge in [0.15, 0.2) is 6.19 Å². The summed E-state index contributed by atoms with van der Waals surface area (Å²) in [4.78, 5) is 31.4. The Morgan fingerprint density at radius 1 is 1.33 bits per heavy atom. The number of rotatable bonds is 3. The van der Waals surface area contributed by atoms with Crippen molar-refractivity contribution in [2.24, 2.45) is 0 Å². The lowest BCUT2D eigenvalue weighted by Crippen LogP contribution is -2.17. The van der Waals surface area contributed by atoms with Crippen molar-refractivity contribution in [3.63, 3.8) is 0 Å². The van der Waals surface area contributed by atoms with Crippen LogP contribution in [0.1, 0.15) is 5.56 Å². The van der Waals surface area contributed by atoms with Crippen LogP contribution in [0.5, 0.6) is 5.75 Å². The summed E-state index contributed by atoms with van der Waals surface area (Å²) in [6.45, 7) is 0. The number of hydrogen-bond donors (Lipinski definition) is 3. The zero-order valence-corrected chi connectivity index (χ0v) is 12.8. The van der Waals surface area contributed by atoms with Crippen molar-refractivity contribution >= 4 is 34.9 Å². The molecule has 1 aromatic heterocycles. The van der Waals surface area contributed by atoms with E-state index in [4.69, 9.17) is 5.26 Å². The molecule has 9 heteroatoms. The first-order valence-electron chi connectivity index (χ1n) is 6.64. The van der Waals surface area contributed by atoms with Crippen LogP contribution in [-0.4, -0.2) is 26.2 Å². The van der Waals surface area contributed by atoms with Crippen LogP contribution in [0.4, 0.5) is 10.7 Å². The average Bonchev–Trinajstić information content (AvgIpc) is 2.87. The van der Waals surface area contributed by atoms with Gasteiger partial charge in [0.1, 0.15) is 5.75 Å². The van der Waals surface area contributed by atoms with Gasteiger partial charge in [0, 0.05) is 17.3 Å². The number of nitrogens with zero attached hydrogens (tertiary/aromatic N) is 3. The lowest BCUT2D eigenvalue weighted by molar-refractivity contribution is -0.115. The van der Waals surface area contributed by atoms with Gasteiger partial charge in [-0.05, 0) is 30.0 Å². The van der Waals surface area contributed by atoms with E-state index < -0.39 is 11.1 Å². The SMILES string of the molecule is N#CNc1ncc(/C=C2\SC(=O)NC2=O)c(-c2ccccc2O)n1. The Morgan fingerprint density at radius 2 is 2.12 bits per heavy atom. The molecule has 2 heterocycles. The Bertz CT molecular complexity index is 920. The number of hydrogen-bond acceptors (Lipinski definition) is 8. The smallest absolute Gasteiger partial charge is 0.290 e. The number of nitriles is 1. The summed E-state index contributed by atoms with van der Waals surface area (Å²) in [6, 6.07) is 6.51. The van der Waals surface area contributed by atoms with Crippen molar-refractivity contribution in [3.8, 4) is 23.2 Å². The number of carbonyl (C=O) groups excluding carboxylic acids is 2. The molecule has 1 saturated heterocycles. The number of imide groups is 1. The summed E-state index contributed by atoms with van der Waals surface area (Å²) >= 11 is 0.767. The fourth-order valence-corrected chi connectivity index (χ4v) is 2.73. The van der Waals surface area contributed by atoms with E-state index in [2.05, 4.69) is 20.6 Å². The topological polar surface area (TPSA) is 128 Å². The molecule has 0 saturated carbocycles. The number of phenolic OH excluding ortho intramolecular Hbond substituents is 1. The third-order valence-corrected chi connectivity index (χ3v) is 3.88. The molecule has 0 spiro atoms. The van der Waals surface area contributed by atoms with Crippen LogP contribution in [0.15, 0.2) is 35.4 Å². The molecule has 1 aliphatic heterocycles. The minimum Gasteiger partial charge on any atom is -0.507 e. The first-order chi connectivity index (χ1) is 11.6. The second kappa shape index (κ2) is 6.39. The number of phenols is 1. The minimum absolute atomic E-state index is 0.0154. The van der Waals surface area contributed by atoms with Crippen molar-refractivity contribution in [2.45, 2.75) is 0 Å². The van der Waals surface area contributed by atoms with Crippen molar-refractivity contribution < 1.29 is 14.7 Å². The number of anilines is 1. The maximum absolute atomic E-state index is 11.7. The molecule has 0 radical (unpaired) electrons. The van der Waals surface area contributed by atoms with Gasteiger partial charge in [0.25, 0.3) is 11.1 Å². The van der Waals surface area contributed by atoms with Gasteiger partial charge in [-0.1, -0.05) is 12.1 Å². The molecule has 8 nitrogen and oxygen atoms in total. The Morgan fingerprint density at radius 3 is 2.79 bits per heavy atom. The predicted octanol–water partition coefficient (Wildman–Crippen LogP) is 2.07. The van der Waals surface area contributed by atoms with Gasteiger partial charge in [-0.2, -0.15) is 5.26 Å². The normalized spacial score (nSPS) is 15.2. The fraction of sp³-hybridized carbons (Fsp3) is 0. The first kappa shape index (κ1) is 15.5. The molecule has 1 aromatic carbocycles. The number of thioether (sulfide) groups is 1. The monoisotopic (exact) mass is 339 g/mol. The highest BCUT2D eigenvalue weighted by Gasteiger charge is 2.25. The number of benzene rings is 1. The molecular formula is C15H9N5O3S. The highest BCUT2D eigenvalue weighted by atomic mass is 32.2. The molecule has 118 valence electrons. The highest BCUT2D eigenvalue weighted by molar-refractivity contribution is 8.18. The summed E-state index contributed by atoms with van der Waals surface area (Å²) in [5.74, 6) is -0.469. The minimum atomic E-state index is -0.507. The number of aromatic nitrogens is 2. The number of para-hydroxylation sites is 1. The number of amides is 2. The number of nitrogens with one attached hydrogen (secondary N) is 2. The van der Waals surface area contributed by atoms with Gasteiger partial charge in [-0.3, -0.25) is 20.2 Å². The van der Waals surface area contributed by atoms with Gasteiger partial charge in [0.2, 0.25) is 5.95 Å². The summed E-state index contributed by atoms with van der Waals surface area (Å²) in [6.07, 6.45) is 4.58. The Kier molecular flexibility index (Phi) is 4.13.